The Bertz CT molecular complexity index is 1380. The molecule has 180 valence electrons. The predicted molar refractivity (Wildman–Crippen MR) is 117 cm³/mol. The van der Waals surface area contributed by atoms with Crippen molar-refractivity contribution in [3.8, 4) is 22.6 Å². The van der Waals surface area contributed by atoms with Crippen LogP contribution >= 0.6 is 0 Å². The minimum absolute atomic E-state index is 0.271. The zero-order valence-electron chi connectivity index (χ0n) is 18.2. The number of aromatic nitrogens is 3. The van der Waals surface area contributed by atoms with Crippen LogP contribution in [0.15, 0.2) is 35.4 Å². The first kappa shape index (κ1) is 24.9. The van der Waals surface area contributed by atoms with Gasteiger partial charge >= 0.3 is 12.1 Å². The Balaban J connectivity index is 0.000000406. The first-order chi connectivity index (χ1) is 15.7. The maximum absolute atomic E-state index is 12.5. The average molecular weight is 495 g/mol. The highest BCUT2D eigenvalue weighted by molar-refractivity contribution is 7.91. The Hall–Kier alpha value is -3.74. The fraction of sp³-hybridized carbons (Fsp3) is 0.238. The summed E-state index contributed by atoms with van der Waals surface area (Å²) in [4.78, 5) is 33.4. The molecule has 0 spiro atoms. The van der Waals surface area contributed by atoms with E-state index >= 15 is 0 Å². The monoisotopic (exact) mass is 495 g/mol. The number of rotatable bonds is 3. The standard InChI is InChI=1S/C19H19N5O2S.C2HF3O2/c1-10-11(2)24-18(23-10)15-7-12(4-5-21-15)13-6-14-9-22-19(25)17(14)16(8-13)27(3,20)26;3-2(4,5)1(6)7/h4-8,20H,9H2,1-3H3,(H,22,25)(H,23,24);(H,6,7). The number of carboxylic acids is 1. The van der Waals surface area contributed by atoms with Crippen LogP contribution in [0.2, 0.25) is 0 Å². The van der Waals surface area contributed by atoms with Crippen molar-refractivity contribution in [2.24, 2.45) is 0 Å². The number of alkyl halides is 3. The third-order valence-corrected chi connectivity index (χ3v) is 6.14. The molecule has 0 fully saturated rings. The van der Waals surface area contributed by atoms with Crippen LogP contribution in [-0.4, -0.2) is 48.6 Å². The summed E-state index contributed by atoms with van der Waals surface area (Å²) in [5.41, 5.74) is 5.39. The van der Waals surface area contributed by atoms with Gasteiger partial charge in [0.15, 0.2) is 5.82 Å². The van der Waals surface area contributed by atoms with Crippen LogP contribution in [0.5, 0.6) is 0 Å². The molecule has 1 aromatic carbocycles. The first-order valence-corrected chi connectivity index (χ1v) is 11.6. The number of carboxylic acid groups (broad SMARTS) is 1. The third kappa shape index (κ3) is 5.25. The van der Waals surface area contributed by atoms with Crippen molar-refractivity contribution in [3.63, 3.8) is 0 Å². The molecule has 4 N–H and O–H groups in total. The van der Waals surface area contributed by atoms with Gasteiger partial charge < -0.3 is 15.4 Å². The number of halogens is 3. The van der Waals surface area contributed by atoms with Gasteiger partial charge in [0.1, 0.15) is 5.69 Å². The van der Waals surface area contributed by atoms with Gasteiger partial charge in [-0.05, 0) is 54.8 Å². The van der Waals surface area contributed by atoms with E-state index in [9.17, 15) is 22.2 Å². The third-order valence-electron chi connectivity index (χ3n) is 4.98. The van der Waals surface area contributed by atoms with Gasteiger partial charge in [-0.1, -0.05) is 0 Å². The van der Waals surface area contributed by atoms with Crippen molar-refractivity contribution >= 4 is 21.6 Å². The lowest BCUT2D eigenvalue weighted by Crippen LogP contribution is -2.21. The van der Waals surface area contributed by atoms with Gasteiger partial charge in [-0.15, -0.1) is 0 Å². The van der Waals surface area contributed by atoms with E-state index in [4.69, 9.17) is 14.7 Å². The normalized spacial score (nSPS) is 14.5. The number of pyridine rings is 1. The summed E-state index contributed by atoms with van der Waals surface area (Å²) in [6, 6.07) is 7.33. The molecule has 0 radical (unpaired) electrons. The number of aliphatic carboxylic acids is 1. The number of carbonyl (C=O) groups excluding carboxylic acids is 1. The number of carbonyl (C=O) groups is 2. The second kappa shape index (κ2) is 8.89. The summed E-state index contributed by atoms with van der Waals surface area (Å²) in [6.07, 6.45) is -2.05. The molecular weight excluding hydrogens is 475 g/mol. The molecule has 3 aromatic rings. The molecule has 0 saturated heterocycles. The molecular formula is C21H20F3N5O4S. The number of hydrogen-bond acceptors (Lipinski definition) is 6. The van der Waals surface area contributed by atoms with Gasteiger partial charge in [-0.3, -0.25) is 9.78 Å². The zero-order chi connectivity index (χ0) is 25.4. The van der Waals surface area contributed by atoms with Crippen molar-refractivity contribution in [2.75, 3.05) is 6.26 Å². The van der Waals surface area contributed by atoms with Gasteiger partial charge in [0.25, 0.3) is 5.91 Å². The van der Waals surface area contributed by atoms with Gasteiger partial charge in [-0.2, -0.15) is 13.2 Å². The highest BCUT2D eigenvalue weighted by atomic mass is 32.2. The van der Waals surface area contributed by atoms with Crippen LogP contribution in [0.25, 0.3) is 22.6 Å². The van der Waals surface area contributed by atoms with Crippen molar-refractivity contribution in [1.82, 2.24) is 20.3 Å². The highest BCUT2D eigenvalue weighted by Gasteiger charge is 2.38. The van der Waals surface area contributed by atoms with Crippen molar-refractivity contribution in [2.45, 2.75) is 31.5 Å². The lowest BCUT2D eigenvalue weighted by Gasteiger charge is -2.11. The van der Waals surface area contributed by atoms with Crippen molar-refractivity contribution in [1.29, 1.82) is 4.78 Å². The Kier molecular flexibility index (Phi) is 6.51. The Labute approximate surface area is 192 Å². The summed E-state index contributed by atoms with van der Waals surface area (Å²) >= 11 is 0. The number of amides is 1. The molecule has 1 amide bonds. The van der Waals surface area contributed by atoms with Crippen molar-refractivity contribution in [3.05, 3.63) is 53.0 Å². The number of hydrogen-bond donors (Lipinski definition) is 4. The first-order valence-electron chi connectivity index (χ1n) is 9.67. The van der Waals surface area contributed by atoms with Gasteiger partial charge in [0.05, 0.1) is 25.9 Å². The minimum atomic E-state index is -5.08. The topological polar surface area (TPSA) is 149 Å². The molecule has 2 aromatic heterocycles. The quantitative estimate of drug-likeness (QED) is 0.436. The second-order valence-electron chi connectivity index (χ2n) is 7.56. The number of nitrogens with one attached hydrogen (secondary N) is 3. The number of fused-ring (bicyclic) bond motifs is 1. The maximum atomic E-state index is 12.5. The molecule has 1 atom stereocenters. The Morgan fingerprint density at radius 3 is 2.38 bits per heavy atom. The number of nitrogens with zero attached hydrogens (tertiary/aromatic N) is 2. The molecule has 13 heteroatoms. The molecule has 0 bridgehead atoms. The number of benzene rings is 1. The SMILES string of the molecule is Cc1nc(-c2cc(-c3cc4c(c(S(C)(=N)=O)c3)C(=O)NC4)ccn2)[nH]c1C.O=C(O)C(F)(F)F. The smallest absolute Gasteiger partial charge is 0.475 e. The Morgan fingerprint density at radius 1 is 1.21 bits per heavy atom. The van der Waals surface area contributed by atoms with Crippen LogP contribution in [0.1, 0.15) is 27.3 Å². The van der Waals surface area contributed by atoms with Gasteiger partial charge in [0, 0.05) is 24.7 Å². The number of aromatic amines is 1. The van der Waals surface area contributed by atoms with E-state index in [1.54, 1.807) is 12.3 Å². The summed E-state index contributed by atoms with van der Waals surface area (Å²) in [7, 11) is -3.05. The molecule has 0 aliphatic carbocycles. The summed E-state index contributed by atoms with van der Waals surface area (Å²) in [6.45, 7) is 4.26. The van der Waals surface area contributed by atoms with Crippen LogP contribution in [0.3, 0.4) is 0 Å². The molecule has 9 nitrogen and oxygen atoms in total. The predicted octanol–water partition coefficient (Wildman–Crippen LogP) is 3.67. The van der Waals surface area contributed by atoms with Crippen LogP contribution in [-0.2, 0) is 21.1 Å². The summed E-state index contributed by atoms with van der Waals surface area (Å²) in [5.74, 6) is -2.34. The second-order valence-corrected chi connectivity index (χ2v) is 9.69. The number of H-pyrrole nitrogens is 1. The molecule has 0 saturated carbocycles. The number of imidazole rings is 1. The lowest BCUT2D eigenvalue weighted by molar-refractivity contribution is -0.192. The Morgan fingerprint density at radius 2 is 1.85 bits per heavy atom. The largest absolute Gasteiger partial charge is 0.490 e. The molecule has 4 rings (SSSR count). The van der Waals surface area contributed by atoms with E-state index < -0.39 is 21.9 Å². The van der Waals surface area contributed by atoms with Crippen LogP contribution in [0.4, 0.5) is 13.2 Å². The minimum Gasteiger partial charge on any atom is -0.475 e. The lowest BCUT2D eigenvalue weighted by atomic mass is 10.0. The fourth-order valence-corrected chi connectivity index (χ4v) is 4.18. The van der Waals surface area contributed by atoms with Crippen molar-refractivity contribution < 1.29 is 32.1 Å². The number of aryl methyl sites for hydroxylation is 2. The van der Waals surface area contributed by atoms with Gasteiger partial charge in [0.2, 0.25) is 0 Å². The molecule has 1 aliphatic heterocycles. The van der Waals surface area contributed by atoms with Crippen LogP contribution < -0.4 is 5.32 Å². The zero-order valence-corrected chi connectivity index (χ0v) is 19.0. The molecule has 1 aliphatic rings. The molecule has 3 heterocycles. The van der Waals surface area contributed by atoms with E-state index in [-0.39, 0.29) is 10.8 Å². The van der Waals surface area contributed by atoms with E-state index in [1.165, 1.54) is 6.26 Å². The summed E-state index contributed by atoms with van der Waals surface area (Å²) < 4.78 is 52.2. The highest BCUT2D eigenvalue weighted by Crippen LogP contribution is 2.32. The van der Waals surface area contributed by atoms with Gasteiger partial charge in [-0.25, -0.2) is 18.8 Å². The molecule has 34 heavy (non-hydrogen) atoms. The average Bonchev–Trinajstić information content (AvgIpc) is 3.28. The van der Waals surface area contributed by atoms with E-state index in [2.05, 4.69) is 20.3 Å². The van der Waals surface area contributed by atoms with E-state index in [1.807, 2.05) is 32.0 Å². The maximum Gasteiger partial charge on any atom is 0.490 e. The van der Waals surface area contributed by atoms with Crippen LogP contribution in [0, 0.1) is 18.6 Å². The molecule has 1 unspecified atom stereocenters. The van der Waals surface area contributed by atoms with E-state index in [0.29, 0.717) is 23.6 Å². The fourth-order valence-electron chi connectivity index (χ4n) is 3.22. The summed E-state index contributed by atoms with van der Waals surface area (Å²) in [5, 5.41) is 9.87. The van der Waals surface area contributed by atoms with E-state index in [0.717, 1.165) is 28.1 Å².